The molecule has 6 heteroatoms. The molecule has 0 unspecified atom stereocenters. The van der Waals surface area contributed by atoms with E-state index in [-0.39, 0.29) is 17.2 Å². The number of likely N-dealkylation sites (tertiary alicyclic amines) is 1. The fraction of sp³-hybridized carbons (Fsp3) is 0.450. The number of nitrogens with zero attached hydrogens (tertiary/aromatic N) is 2. The van der Waals surface area contributed by atoms with Gasteiger partial charge in [-0.25, -0.2) is 0 Å². The molecule has 1 fully saturated rings. The van der Waals surface area contributed by atoms with Crippen LogP contribution in [-0.2, 0) is 5.41 Å². The number of carbonyl (C=O) groups excluding carboxylic acids is 2. The molecule has 0 saturated carbocycles. The van der Waals surface area contributed by atoms with Crippen LogP contribution in [0.4, 0.5) is 5.69 Å². The summed E-state index contributed by atoms with van der Waals surface area (Å²) in [6, 6.07) is 7.06. The third kappa shape index (κ3) is 3.64. The van der Waals surface area contributed by atoms with Crippen molar-refractivity contribution in [1.82, 2.24) is 10.1 Å². The molecule has 1 aliphatic heterocycles. The first-order chi connectivity index (χ1) is 12.3. The number of hydrogen-bond acceptors (Lipinski definition) is 4. The van der Waals surface area contributed by atoms with Crippen LogP contribution in [0.2, 0.25) is 0 Å². The van der Waals surface area contributed by atoms with E-state index < -0.39 is 0 Å². The van der Waals surface area contributed by atoms with Crippen LogP contribution in [-0.4, -0.2) is 35.0 Å². The number of anilines is 1. The SMILES string of the molecule is Cc1onc(C(C)(C)C)c1C(=O)Nc1cccc(C(=O)N2CCCC2)c1. The Morgan fingerprint density at radius 3 is 2.54 bits per heavy atom. The predicted octanol–water partition coefficient (Wildman–Crippen LogP) is 3.77. The molecule has 2 amide bonds. The van der Waals surface area contributed by atoms with Crippen molar-refractivity contribution in [1.29, 1.82) is 0 Å². The van der Waals surface area contributed by atoms with Gasteiger partial charge in [-0.2, -0.15) is 0 Å². The second-order valence-electron chi connectivity index (χ2n) is 7.75. The van der Waals surface area contributed by atoms with E-state index in [0.29, 0.717) is 28.3 Å². The summed E-state index contributed by atoms with van der Waals surface area (Å²) in [5.74, 6) is 0.214. The van der Waals surface area contributed by atoms with Crippen LogP contribution in [0.15, 0.2) is 28.8 Å². The summed E-state index contributed by atoms with van der Waals surface area (Å²) in [5.41, 5.74) is 1.94. The van der Waals surface area contributed by atoms with Crippen LogP contribution in [0.25, 0.3) is 0 Å². The van der Waals surface area contributed by atoms with Crippen molar-refractivity contribution in [3.63, 3.8) is 0 Å². The van der Waals surface area contributed by atoms with Gasteiger partial charge in [0, 0.05) is 29.8 Å². The van der Waals surface area contributed by atoms with Gasteiger partial charge in [0.05, 0.1) is 0 Å². The van der Waals surface area contributed by atoms with E-state index in [2.05, 4.69) is 10.5 Å². The summed E-state index contributed by atoms with van der Waals surface area (Å²) in [4.78, 5) is 27.2. The van der Waals surface area contributed by atoms with Crippen molar-refractivity contribution in [3.05, 3.63) is 46.8 Å². The summed E-state index contributed by atoms with van der Waals surface area (Å²) in [7, 11) is 0. The van der Waals surface area contributed by atoms with Crippen molar-refractivity contribution in [2.75, 3.05) is 18.4 Å². The van der Waals surface area contributed by atoms with Crippen molar-refractivity contribution >= 4 is 17.5 Å². The highest BCUT2D eigenvalue weighted by atomic mass is 16.5. The minimum Gasteiger partial charge on any atom is -0.361 e. The Hall–Kier alpha value is -2.63. The van der Waals surface area contributed by atoms with Gasteiger partial charge in [-0.3, -0.25) is 9.59 Å². The number of aryl methyl sites for hydroxylation is 1. The summed E-state index contributed by atoms with van der Waals surface area (Å²) in [5, 5.41) is 6.92. The van der Waals surface area contributed by atoms with E-state index in [9.17, 15) is 9.59 Å². The van der Waals surface area contributed by atoms with E-state index >= 15 is 0 Å². The van der Waals surface area contributed by atoms with Crippen LogP contribution in [0.1, 0.15) is 65.8 Å². The fourth-order valence-electron chi connectivity index (χ4n) is 3.18. The Morgan fingerprint density at radius 2 is 1.88 bits per heavy atom. The second kappa shape index (κ2) is 6.94. The van der Waals surface area contributed by atoms with Crippen molar-refractivity contribution in [2.45, 2.75) is 46.0 Å². The van der Waals surface area contributed by atoms with Crippen LogP contribution in [0, 0.1) is 6.92 Å². The largest absolute Gasteiger partial charge is 0.361 e. The molecule has 1 N–H and O–H groups in total. The Kier molecular flexibility index (Phi) is 4.85. The zero-order valence-electron chi connectivity index (χ0n) is 15.8. The van der Waals surface area contributed by atoms with Gasteiger partial charge in [0.2, 0.25) is 0 Å². The van der Waals surface area contributed by atoms with Gasteiger partial charge in [-0.05, 0) is 38.0 Å². The van der Waals surface area contributed by atoms with Gasteiger partial charge in [0.1, 0.15) is 17.0 Å². The van der Waals surface area contributed by atoms with E-state index in [0.717, 1.165) is 25.9 Å². The zero-order valence-corrected chi connectivity index (χ0v) is 15.8. The lowest BCUT2D eigenvalue weighted by Gasteiger charge is -2.17. The molecule has 3 rings (SSSR count). The van der Waals surface area contributed by atoms with Crippen LogP contribution in [0.5, 0.6) is 0 Å². The summed E-state index contributed by atoms with van der Waals surface area (Å²) >= 11 is 0. The number of benzene rings is 1. The molecule has 26 heavy (non-hydrogen) atoms. The number of rotatable bonds is 3. The molecule has 1 aromatic carbocycles. The first kappa shape index (κ1) is 18.2. The molecule has 6 nitrogen and oxygen atoms in total. The molecule has 1 aromatic heterocycles. The minimum atomic E-state index is -0.308. The van der Waals surface area contributed by atoms with Crippen molar-refractivity contribution in [2.24, 2.45) is 0 Å². The maximum atomic E-state index is 12.8. The second-order valence-corrected chi connectivity index (χ2v) is 7.75. The topological polar surface area (TPSA) is 75.4 Å². The van der Waals surface area contributed by atoms with Crippen molar-refractivity contribution in [3.8, 4) is 0 Å². The molecular formula is C20H25N3O3. The lowest BCUT2D eigenvalue weighted by molar-refractivity contribution is 0.0792. The maximum absolute atomic E-state index is 12.8. The lowest BCUT2D eigenvalue weighted by Crippen LogP contribution is -2.27. The maximum Gasteiger partial charge on any atom is 0.261 e. The average molecular weight is 355 g/mol. The number of amides is 2. The van der Waals surface area contributed by atoms with Gasteiger partial charge in [0.25, 0.3) is 11.8 Å². The molecular weight excluding hydrogens is 330 g/mol. The average Bonchev–Trinajstić information content (AvgIpc) is 3.23. The van der Waals surface area contributed by atoms with Gasteiger partial charge in [-0.1, -0.05) is 32.0 Å². The zero-order chi connectivity index (χ0) is 18.9. The van der Waals surface area contributed by atoms with Gasteiger partial charge in [0.15, 0.2) is 0 Å². The third-order valence-electron chi connectivity index (χ3n) is 4.56. The molecule has 0 spiro atoms. The quantitative estimate of drug-likeness (QED) is 0.909. The highest BCUT2D eigenvalue weighted by Crippen LogP contribution is 2.27. The van der Waals surface area contributed by atoms with Gasteiger partial charge in [-0.15, -0.1) is 0 Å². The first-order valence-corrected chi connectivity index (χ1v) is 8.95. The molecule has 0 bridgehead atoms. The molecule has 1 aliphatic rings. The van der Waals surface area contributed by atoms with E-state index in [1.54, 1.807) is 31.2 Å². The number of hydrogen-bond donors (Lipinski definition) is 1. The number of aromatic nitrogens is 1. The van der Waals surface area contributed by atoms with Crippen molar-refractivity contribution < 1.29 is 14.1 Å². The minimum absolute atomic E-state index is 0.00939. The fourth-order valence-corrected chi connectivity index (χ4v) is 3.18. The van der Waals surface area contributed by atoms with Crippen LogP contribution >= 0.6 is 0 Å². The first-order valence-electron chi connectivity index (χ1n) is 8.95. The molecule has 1 saturated heterocycles. The normalized spacial score (nSPS) is 14.5. The van der Waals surface area contributed by atoms with Gasteiger partial charge >= 0.3 is 0 Å². The standard InChI is InChI=1S/C20H25N3O3/c1-13-16(17(22-26-13)20(2,3)4)18(24)21-15-9-7-8-14(12-15)19(25)23-10-5-6-11-23/h7-9,12H,5-6,10-11H2,1-4H3,(H,21,24). The number of nitrogens with one attached hydrogen (secondary N) is 1. The number of carbonyl (C=O) groups is 2. The van der Waals surface area contributed by atoms with E-state index in [1.165, 1.54) is 0 Å². The van der Waals surface area contributed by atoms with Crippen LogP contribution in [0.3, 0.4) is 0 Å². The molecule has 0 radical (unpaired) electrons. The lowest BCUT2D eigenvalue weighted by atomic mass is 9.88. The van der Waals surface area contributed by atoms with Crippen LogP contribution < -0.4 is 5.32 Å². The molecule has 138 valence electrons. The molecule has 2 heterocycles. The Labute approximate surface area is 153 Å². The molecule has 2 aromatic rings. The molecule has 0 atom stereocenters. The summed E-state index contributed by atoms with van der Waals surface area (Å²) in [6.45, 7) is 9.27. The summed E-state index contributed by atoms with van der Waals surface area (Å²) < 4.78 is 5.24. The Bertz CT molecular complexity index is 827. The Morgan fingerprint density at radius 1 is 1.19 bits per heavy atom. The van der Waals surface area contributed by atoms with E-state index in [1.807, 2.05) is 25.7 Å². The monoisotopic (exact) mass is 355 g/mol. The predicted molar refractivity (Wildman–Crippen MR) is 99.5 cm³/mol. The highest BCUT2D eigenvalue weighted by Gasteiger charge is 2.29. The highest BCUT2D eigenvalue weighted by molar-refractivity contribution is 6.06. The van der Waals surface area contributed by atoms with E-state index in [4.69, 9.17) is 4.52 Å². The summed E-state index contributed by atoms with van der Waals surface area (Å²) in [6.07, 6.45) is 2.09. The smallest absolute Gasteiger partial charge is 0.261 e. The van der Waals surface area contributed by atoms with Gasteiger partial charge < -0.3 is 14.7 Å². The third-order valence-corrected chi connectivity index (χ3v) is 4.56. The molecule has 0 aliphatic carbocycles. The Balaban J connectivity index is 1.82.